The highest BCUT2D eigenvalue weighted by atomic mass is 35.5. The number of hydrogen-bond donors (Lipinski definition) is 1. The Balaban J connectivity index is 1.77. The zero-order chi connectivity index (χ0) is 17.8. The van der Waals surface area contributed by atoms with Crippen molar-refractivity contribution in [1.29, 1.82) is 0 Å². The lowest BCUT2D eigenvalue weighted by molar-refractivity contribution is -0.384. The van der Waals surface area contributed by atoms with E-state index in [4.69, 9.17) is 27.6 Å². The first kappa shape index (κ1) is 17.0. The SMILES string of the molecule is O=[N+]([O-])c1ccc(Cl)c(-c2ccc(C=NNc3cccc(Cl)c3)o2)c1. The molecule has 0 spiro atoms. The van der Waals surface area contributed by atoms with Crippen molar-refractivity contribution in [2.45, 2.75) is 0 Å². The maximum Gasteiger partial charge on any atom is 0.270 e. The van der Waals surface area contributed by atoms with Crippen LogP contribution in [-0.2, 0) is 0 Å². The van der Waals surface area contributed by atoms with Gasteiger partial charge in [-0.1, -0.05) is 29.3 Å². The summed E-state index contributed by atoms with van der Waals surface area (Å²) in [5.74, 6) is 0.880. The predicted octanol–water partition coefficient (Wildman–Crippen LogP) is 5.61. The van der Waals surface area contributed by atoms with Crippen molar-refractivity contribution in [1.82, 2.24) is 0 Å². The Morgan fingerprint density at radius 2 is 1.96 bits per heavy atom. The minimum Gasteiger partial charge on any atom is -0.455 e. The second-order valence-electron chi connectivity index (χ2n) is 5.00. The summed E-state index contributed by atoms with van der Waals surface area (Å²) < 4.78 is 5.62. The fourth-order valence-corrected chi connectivity index (χ4v) is 2.51. The fraction of sp³-hybridized carbons (Fsp3) is 0. The van der Waals surface area contributed by atoms with Crippen LogP contribution in [0.1, 0.15) is 5.76 Å². The quantitative estimate of drug-likeness (QED) is 0.357. The monoisotopic (exact) mass is 375 g/mol. The van der Waals surface area contributed by atoms with Crippen LogP contribution in [0.15, 0.2) is 64.1 Å². The van der Waals surface area contributed by atoms with Crippen molar-refractivity contribution >= 4 is 40.8 Å². The lowest BCUT2D eigenvalue weighted by Crippen LogP contribution is -1.89. The van der Waals surface area contributed by atoms with E-state index in [-0.39, 0.29) is 5.69 Å². The largest absolute Gasteiger partial charge is 0.455 e. The molecule has 0 bridgehead atoms. The molecule has 0 fully saturated rings. The predicted molar refractivity (Wildman–Crippen MR) is 98.5 cm³/mol. The molecule has 25 heavy (non-hydrogen) atoms. The normalized spacial score (nSPS) is 11.0. The van der Waals surface area contributed by atoms with Crippen LogP contribution in [0.3, 0.4) is 0 Å². The Bertz CT molecular complexity index is 954. The highest BCUT2D eigenvalue weighted by Gasteiger charge is 2.14. The van der Waals surface area contributed by atoms with E-state index in [9.17, 15) is 10.1 Å². The van der Waals surface area contributed by atoms with Gasteiger partial charge in [-0.15, -0.1) is 0 Å². The third-order valence-corrected chi connectivity index (χ3v) is 3.83. The topological polar surface area (TPSA) is 80.7 Å². The van der Waals surface area contributed by atoms with Crippen molar-refractivity contribution in [3.63, 3.8) is 0 Å². The van der Waals surface area contributed by atoms with Crippen LogP contribution < -0.4 is 5.43 Å². The van der Waals surface area contributed by atoms with Gasteiger partial charge in [-0.05, 0) is 36.4 Å². The minimum absolute atomic E-state index is 0.0614. The van der Waals surface area contributed by atoms with Gasteiger partial charge in [0, 0.05) is 22.7 Å². The van der Waals surface area contributed by atoms with E-state index < -0.39 is 4.92 Å². The van der Waals surface area contributed by atoms with Gasteiger partial charge in [-0.3, -0.25) is 15.5 Å². The number of nitro groups is 1. The number of rotatable bonds is 5. The van der Waals surface area contributed by atoms with Crippen LogP contribution in [0.4, 0.5) is 11.4 Å². The number of benzene rings is 2. The molecule has 0 aliphatic rings. The van der Waals surface area contributed by atoms with Crippen molar-refractivity contribution in [2.75, 3.05) is 5.43 Å². The Morgan fingerprint density at radius 3 is 2.72 bits per heavy atom. The summed E-state index contributed by atoms with van der Waals surface area (Å²) in [6.07, 6.45) is 1.48. The molecule has 3 aromatic rings. The number of non-ortho nitro benzene ring substituents is 1. The molecule has 0 unspecified atom stereocenters. The second kappa shape index (κ2) is 7.38. The molecule has 0 atom stereocenters. The highest BCUT2D eigenvalue weighted by molar-refractivity contribution is 6.33. The third kappa shape index (κ3) is 4.17. The number of nitrogens with zero attached hydrogens (tertiary/aromatic N) is 2. The molecule has 0 saturated carbocycles. The van der Waals surface area contributed by atoms with Crippen LogP contribution in [0.25, 0.3) is 11.3 Å². The first-order valence-corrected chi connectivity index (χ1v) is 7.87. The molecule has 3 rings (SSSR count). The Morgan fingerprint density at radius 1 is 1.12 bits per heavy atom. The number of anilines is 1. The number of nitro benzene ring substituents is 1. The molecule has 1 N–H and O–H groups in total. The van der Waals surface area contributed by atoms with E-state index in [0.717, 1.165) is 5.69 Å². The van der Waals surface area contributed by atoms with E-state index in [1.807, 2.05) is 6.07 Å². The molecule has 0 aliphatic heterocycles. The van der Waals surface area contributed by atoms with Crippen molar-refractivity contribution in [3.8, 4) is 11.3 Å². The number of furan rings is 1. The first-order valence-electron chi connectivity index (χ1n) is 7.12. The maximum absolute atomic E-state index is 10.9. The van der Waals surface area contributed by atoms with Crippen molar-refractivity contribution in [2.24, 2.45) is 5.10 Å². The van der Waals surface area contributed by atoms with Crippen molar-refractivity contribution < 1.29 is 9.34 Å². The van der Waals surface area contributed by atoms with E-state index in [0.29, 0.717) is 27.1 Å². The third-order valence-electron chi connectivity index (χ3n) is 3.26. The lowest BCUT2D eigenvalue weighted by Gasteiger charge is -2.01. The van der Waals surface area contributed by atoms with Crippen molar-refractivity contribution in [3.05, 3.63) is 80.5 Å². The molecule has 2 aromatic carbocycles. The summed E-state index contributed by atoms with van der Waals surface area (Å²) in [6.45, 7) is 0. The molecule has 6 nitrogen and oxygen atoms in total. The zero-order valence-corrected chi connectivity index (χ0v) is 14.2. The summed E-state index contributed by atoms with van der Waals surface area (Å²) in [5.41, 5.74) is 3.94. The van der Waals surface area contributed by atoms with Gasteiger partial charge >= 0.3 is 0 Å². The van der Waals surface area contributed by atoms with E-state index >= 15 is 0 Å². The molecule has 1 heterocycles. The summed E-state index contributed by atoms with van der Waals surface area (Å²) in [7, 11) is 0. The van der Waals surface area contributed by atoms with Crippen LogP contribution in [0.5, 0.6) is 0 Å². The summed E-state index contributed by atoms with van der Waals surface area (Å²) in [4.78, 5) is 10.4. The molecule has 0 amide bonds. The Hall–Kier alpha value is -2.83. The standard InChI is InChI=1S/C17H11Cl2N3O3/c18-11-2-1-3-12(8-11)21-20-10-14-5-7-17(25-14)15-9-13(22(23)24)4-6-16(15)19/h1-10,21H. The van der Waals surface area contributed by atoms with Gasteiger partial charge in [0.15, 0.2) is 0 Å². The van der Waals surface area contributed by atoms with Gasteiger partial charge in [-0.25, -0.2) is 0 Å². The smallest absolute Gasteiger partial charge is 0.270 e. The number of nitrogens with one attached hydrogen (secondary N) is 1. The maximum atomic E-state index is 10.9. The average Bonchev–Trinajstić information content (AvgIpc) is 3.04. The van der Waals surface area contributed by atoms with Crippen LogP contribution in [0, 0.1) is 10.1 Å². The summed E-state index contributed by atoms with van der Waals surface area (Å²) in [6, 6.07) is 14.6. The highest BCUT2D eigenvalue weighted by Crippen LogP contribution is 2.32. The van der Waals surface area contributed by atoms with Crippen LogP contribution in [0.2, 0.25) is 10.0 Å². The van der Waals surface area contributed by atoms with Gasteiger partial charge in [-0.2, -0.15) is 5.10 Å². The Labute approximate surface area is 152 Å². The Kier molecular flexibility index (Phi) is 5.02. The molecular weight excluding hydrogens is 365 g/mol. The molecule has 0 aliphatic carbocycles. The fourth-order valence-electron chi connectivity index (χ4n) is 2.11. The molecule has 8 heteroatoms. The summed E-state index contributed by atoms with van der Waals surface area (Å²) >= 11 is 12.0. The molecule has 0 saturated heterocycles. The van der Waals surface area contributed by atoms with Gasteiger partial charge in [0.05, 0.1) is 21.8 Å². The molecular formula is C17H11Cl2N3O3. The van der Waals surface area contributed by atoms with Gasteiger partial charge in [0.1, 0.15) is 11.5 Å². The van der Waals surface area contributed by atoms with E-state index in [1.54, 1.807) is 30.3 Å². The molecule has 1 aromatic heterocycles. The zero-order valence-electron chi connectivity index (χ0n) is 12.6. The molecule has 126 valence electrons. The van der Waals surface area contributed by atoms with Crippen LogP contribution in [-0.4, -0.2) is 11.1 Å². The number of halogens is 2. The average molecular weight is 376 g/mol. The first-order chi connectivity index (χ1) is 12.0. The number of hydrazone groups is 1. The number of hydrogen-bond acceptors (Lipinski definition) is 5. The second-order valence-corrected chi connectivity index (χ2v) is 5.85. The molecule has 0 radical (unpaired) electrons. The lowest BCUT2D eigenvalue weighted by atomic mass is 10.1. The minimum atomic E-state index is -0.486. The van der Waals surface area contributed by atoms with Gasteiger partial charge in [0.25, 0.3) is 5.69 Å². The van der Waals surface area contributed by atoms with Gasteiger partial charge < -0.3 is 4.42 Å². The summed E-state index contributed by atoms with van der Waals surface area (Å²) in [5, 5.41) is 15.9. The van der Waals surface area contributed by atoms with Gasteiger partial charge in [0.2, 0.25) is 0 Å². The van der Waals surface area contributed by atoms with E-state index in [1.165, 1.54) is 24.4 Å². The van der Waals surface area contributed by atoms with Crippen LogP contribution >= 0.6 is 23.2 Å². The van der Waals surface area contributed by atoms with E-state index in [2.05, 4.69) is 10.5 Å².